The third-order valence-corrected chi connectivity index (χ3v) is 5.83. The van der Waals surface area contributed by atoms with Crippen LogP contribution in [0, 0.1) is 0 Å². The van der Waals surface area contributed by atoms with Crippen molar-refractivity contribution in [3.05, 3.63) is 77.6 Å². The maximum atomic E-state index is 12.8. The maximum Gasteiger partial charge on any atom is 0.253 e. The molecule has 1 amide bonds. The zero-order valence-electron chi connectivity index (χ0n) is 15.6. The fourth-order valence-corrected chi connectivity index (χ4v) is 4.03. The first-order valence-corrected chi connectivity index (χ1v) is 10.4. The van der Waals surface area contributed by atoms with Crippen LogP contribution in [0.25, 0.3) is 0 Å². The Bertz CT molecular complexity index is 875. The normalized spacial score (nSPS) is 14.9. The Kier molecular flexibility index (Phi) is 6.04. The van der Waals surface area contributed by atoms with E-state index in [1.165, 1.54) is 11.9 Å². The minimum absolute atomic E-state index is 0.119. The van der Waals surface area contributed by atoms with Crippen molar-refractivity contribution in [2.75, 3.05) is 26.2 Å². The van der Waals surface area contributed by atoms with Crippen molar-refractivity contribution in [3.63, 3.8) is 0 Å². The molecule has 0 unspecified atom stereocenters. The largest absolute Gasteiger partial charge is 0.336 e. The second-order valence-electron chi connectivity index (χ2n) is 6.83. The quantitative estimate of drug-likeness (QED) is 0.652. The molecule has 1 aliphatic rings. The molecule has 0 atom stereocenters. The number of nitrogens with one attached hydrogen (secondary N) is 1. The molecule has 4 rings (SSSR count). The average molecular weight is 394 g/mol. The molecule has 1 N–H and O–H groups in total. The van der Waals surface area contributed by atoms with E-state index in [0.717, 1.165) is 54.8 Å². The van der Waals surface area contributed by atoms with Gasteiger partial charge < -0.3 is 4.90 Å². The molecule has 3 aromatic rings. The lowest BCUT2D eigenvalue weighted by atomic mass is 10.1. The molecular formula is C21H23N5OS. The van der Waals surface area contributed by atoms with E-state index < -0.39 is 0 Å². The number of amides is 1. The van der Waals surface area contributed by atoms with Gasteiger partial charge in [0.25, 0.3) is 5.91 Å². The van der Waals surface area contributed by atoms with Gasteiger partial charge in [0.2, 0.25) is 0 Å². The van der Waals surface area contributed by atoms with Gasteiger partial charge in [-0.2, -0.15) is 5.10 Å². The van der Waals surface area contributed by atoms with Crippen LogP contribution in [0.4, 0.5) is 0 Å². The lowest BCUT2D eigenvalue weighted by Gasteiger charge is -2.34. The second kappa shape index (κ2) is 9.03. The first kappa shape index (κ1) is 18.7. The highest BCUT2D eigenvalue weighted by Gasteiger charge is 2.22. The average Bonchev–Trinajstić information content (AvgIpc) is 3.27. The Morgan fingerprint density at radius 3 is 2.39 bits per heavy atom. The second-order valence-corrected chi connectivity index (χ2v) is 7.79. The summed E-state index contributed by atoms with van der Waals surface area (Å²) in [4.78, 5) is 21.3. The number of piperazine rings is 1. The number of aromatic amines is 1. The molecule has 0 saturated carbocycles. The molecule has 1 saturated heterocycles. The van der Waals surface area contributed by atoms with E-state index in [9.17, 15) is 4.79 Å². The van der Waals surface area contributed by atoms with E-state index in [-0.39, 0.29) is 5.91 Å². The summed E-state index contributed by atoms with van der Waals surface area (Å²) in [6.07, 6.45) is 1.50. The van der Waals surface area contributed by atoms with Gasteiger partial charge in [0.05, 0.1) is 0 Å². The monoisotopic (exact) mass is 393 g/mol. The smallest absolute Gasteiger partial charge is 0.253 e. The number of rotatable bonds is 6. The first-order chi connectivity index (χ1) is 13.8. The van der Waals surface area contributed by atoms with E-state index in [2.05, 4.69) is 44.3 Å². The van der Waals surface area contributed by atoms with E-state index in [1.807, 2.05) is 35.2 Å². The molecule has 0 spiro atoms. The van der Waals surface area contributed by atoms with Crippen LogP contribution in [0.2, 0.25) is 0 Å². The predicted molar refractivity (Wildman–Crippen MR) is 110 cm³/mol. The van der Waals surface area contributed by atoms with Crippen LogP contribution >= 0.6 is 11.8 Å². The minimum atomic E-state index is 0.119. The predicted octanol–water partition coefficient (Wildman–Crippen LogP) is 3.06. The summed E-state index contributed by atoms with van der Waals surface area (Å²) >= 11 is 1.59. The summed E-state index contributed by atoms with van der Waals surface area (Å²) in [6.45, 7) is 4.31. The number of thioether (sulfide) groups is 1. The molecule has 0 aliphatic carbocycles. The highest BCUT2D eigenvalue weighted by atomic mass is 32.2. The van der Waals surface area contributed by atoms with Crippen LogP contribution < -0.4 is 0 Å². The number of benzene rings is 2. The molecule has 28 heavy (non-hydrogen) atoms. The van der Waals surface area contributed by atoms with Crippen molar-refractivity contribution in [2.24, 2.45) is 0 Å². The van der Waals surface area contributed by atoms with E-state index in [0.29, 0.717) is 0 Å². The Morgan fingerprint density at radius 2 is 1.71 bits per heavy atom. The maximum absolute atomic E-state index is 12.8. The molecule has 0 bridgehead atoms. The number of nitrogens with zero attached hydrogens (tertiary/aromatic N) is 4. The number of hydrogen-bond donors (Lipinski definition) is 1. The molecule has 2 heterocycles. The van der Waals surface area contributed by atoms with Crippen molar-refractivity contribution in [1.82, 2.24) is 25.0 Å². The summed E-state index contributed by atoms with van der Waals surface area (Å²) in [6, 6.07) is 18.4. The number of aromatic nitrogens is 3. The van der Waals surface area contributed by atoms with E-state index >= 15 is 0 Å². The molecule has 6 nitrogen and oxygen atoms in total. The third kappa shape index (κ3) is 4.79. The zero-order chi connectivity index (χ0) is 19.2. The van der Waals surface area contributed by atoms with Gasteiger partial charge in [-0.1, -0.05) is 54.2 Å². The Hall–Kier alpha value is -2.64. The highest BCUT2D eigenvalue weighted by Crippen LogP contribution is 2.19. The topological polar surface area (TPSA) is 65.1 Å². The number of hydrogen-bond acceptors (Lipinski definition) is 5. The van der Waals surface area contributed by atoms with Gasteiger partial charge in [0.15, 0.2) is 5.16 Å². The van der Waals surface area contributed by atoms with Gasteiger partial charge in [-0.25, -0.2) is 4.98 Å². The summed E-state index contributed by atoms with van der Waals surface area (Å²) in [5.74, 6) is 0.913. The Balaban J connectivity index is 1.27. The fraction of sp³-hybridized carbons (Fsp3) is 0.286. The molecule has 1 aromatic heterocycles. The number of carbonyl (C=O) groups is 1. The van der Waals surface area contributed by atoms with Crippen LogP contribution in [0.1, 0.15) is 21.5 Å². The Labute approximate surface area is 169 Å². The van der Waals surface area contributed by atoms with Crippen molar-refractivity contribution >= 4 is 17.7 Å². The van der Waals surface area contributed by atoms with Gasteiger partial charge in [-0.15, -0.1) is 0 Å². The zero-order valence-corrected chi connectivity index (χ0v) is 16.4. The van der Waals surface area contributed by atoms with Crippen molar-refractivity contribution in [3.8, 4) is 0 Å². The molecule has 1 aliphatic heterocycles. The van der Waals surface area contributed by atoms with Gasteiger partial charge in [0.1, 0.15) is 6.33 Å². The SMILES string of the molecule is O=C(c1ccc(CSc2ncn[nH]2)cc1)N1CCN(Cc2ccccc2)CC1. The lowest BCUT2D eigenvalue weighted by molar-refractivity contribution is 0.0628. The van der Waals surface area contributed by atoms with Crippen LogP contribution in [0.15, 0.2) is 66.1 Å². The van der Waals surface area contributed by atoms with Crippen LogP contribution in [-0.4, -0.2) is 57.1 Å². The van der Waals surface area contributed by atoms with Gasteiger partial charge in [-0.3, -0.25) is 14.8 Å². The summed E-state index contributed by atoms with van der Waals surface area (Å²) in [7, 11) is 0. The van der Waals surface area contributed by atoms with Crippen LogP contribution in [0.5, 0.6) is 0 Å². The highest BCUT2D eigenvalue weighted by molar-refractivity contribution is 7.98. The molecule has 0 radical (unpaired) electrons. The fourth-order valence-electron chi connectivity index (χ4n) is 3.29. The molecule has 2 aromatic carbocycles. The third-order valence-electron chi connectivity index (χ3n) is 4.88. The Morgan fingerprint density at radius 1 is 0.964 bits per heavy atom. The molecule has 1 fully saturated rings. The van der Waals surface area contributed by atoms with Gasteiger partial charge >= 0.3 is 0 Å². The van der Waals surface area contributed by atoms with Gasteiger partial charge in [0, 0.05) is 44.0 Å². The first-order valence-electron chi connectivity index (χ1n) is 9.40. The van der Waals surface area contributed by atoms with Crippen LogP contribution in [0.3, 0.4) is 0 Å². The minimum Gasteiger partial charge on any atom is -0.336 e. The summed E-state index contributed by atoms with van der Waals surface area (Å²) in [5.41, 5.74) is 3.23. The lowest BCUT2D eigenvalue weighted by Crippen LogP contribution is -2.48. The van der Waals surface area contributed by atoms with Gasteiger partial charge in [-0.05, 0) is 23.3 Å². The summed E-state index contributed by atoms with van der Waals surface area (Å²) < 4.78 is 0. The van der Waals surface area contributed by atoms with Crippen molar-refractivity contribution in [1.29, 1.82) is 0 Å². The molecule has 7 heteroatoms. The molecular weight excluding hydrogens is 370 g/mol. The number of H-pyrrole nitrogens is 1. The van der Waals surface area contributed by atoms with Crippen molar-refractivity contribution in [2.45, 2.75) is 17.5 Å². The van der Waals surface area contributed by atoms with Crippen LogP contribution in [-0.2, 0) is 12.3 Å². The van der Waals surface area contributed by atoms with Crippen molar-refractivity contribution < 1.29 is 4.79 Å². The van der Waals surface area contributed by atoms with E-state index in [4.69, 9.17) is 0 Å². The van der Waals surface area contributed by atoms with E-state index in [1.54, 1.807) is 11.8 Å². The number of carbonyl (C=O) groups excluding carboxylic acids is 1. The summed E-state index contributed by atoms with van der Waals surface area (Å²) in [5, 5.41) is 7.48. The standard InChI is InChI=1S/C21H23N5OS/c27-20(19-8-6-18(7-9-19)15-28-21-22-16-23-24-21)26-12-10-25(11-13-26)14-17-4-2-1-3-5-17/h1-9,16H,10-15H2,(H,22,23,24). The molecule has 144 valence electrons.